The molecule has 0 atom stereocenters. The fourth-order valence-electron chi connectivity index (χ4n) is 5.29. The van der Waals surface area contributed by atoms with Crippen LogP contribution in [-0.2, 0) is 20.0 Å². The summed E-state index contributed by atoms with van der Waals surface area (Å²) < 4.78 is 8.08. The van der Waals surface area contributed by atoms with Gasteiger partial charge in [-0.1, -0.05) is 38.9 Å². The summed E-state index contributed by atoms with van der Waals surface area (Å²) in [7, 11) is 2.04. The third kappa shape index (κ3) is 4.79. The largest absolute Gasteiger partial charge is 0.355 e. The molecule has 3 aromatic rings. The van der Waals surface area contributed by atoms with Crippen LogP contribution in [0.5, 0.6) is 0 Å². The number of imidazole rings is 1. The number of aryl methyl sites for hydroxylation is 2. The van der Waals surface area contributed by atoms with E-state index in [-0.39, 0.29) is 11.6 Å². The highest BCUT2D eigenvalue weighted by molar-refractivity contribution is 6.01. The first-order valence-electron chi connectivity index (χ1n) is 12.8. The van der Waals surface area contributed by atoms with Crippen molar-refractivity contribution in [2.24, 2.45) is 13.0 Å². The van der Waals surface area contributed by atoms with Gasteiger partial charge in [0.25, 0.3) is 5.91 Å². The Kier molecular flexibility index (Phi) is 7.17. The van der Waals surface area contributed by atoms with Crippen molar-refractivity contribution in [3.8, 4) is 22.7 Å². The van der Waals surface area contributed by atoms with Gasteiger partial charge < -0.3 is 14.4 Å². The number of rotatable bonds is 7. The molecule has 7 heteroatoms. The fraction of sp³-hybridized carbons (Fsp3) is 0.536. The van der Waals surface area contributed by atoms with Crippen molar-refractivity contribution >= 4 is 5.91 Å². The van der Waals surface area contributed by atoms with Crippen LogP contribution < -0.4 is 5.32 Å². The lowest BCUT2D eigenvalue weighted by atomic mass is 9.91. The highest BCUT2D eigenvalue weighted by atomic mass is 16.5. The summed E-state index contributed by atoms with van der Waals surface area (Å²) in [6, 6.07) is 4.38. The first-order chi connectivity index (χ1) is 16.6. The molecular formula is C28H39N5O2. The molecule has 1 aliphatic rings. The molecule has 0 spiro atoms. The maximum Gasteiger partial charge on any atom is 0.274 e. The molecule has 1 aromatic carbocycles. The van der Waals surface area contributed by atoms with E-state index in [0.717, 1.165) is 48.7 Å². The second-order valence-corrected chi connectivity index (χ2v) is 10.5. The van der Waals surface area contributed by atoms with E-state index in [1.807, 2.05) is 14.0 Å². The van der Waals surface area contributed by atoms with Crippen LogP contribution >= 0.6 is 0 Å². The number of hydrogen-bond donors (Lipinski definition) is 1. The van der Waals surface area contributed by atoms with Gasteiger partial charge in [0, 0.05) is 50.9 Å². The standard InChI is InChI=1S/C28H39N5O2/c1-9-29-28(34)25-24(26(35-31-25)21-13-20(17(4)5)18(6)12-19(21)7)27-30-22-15-33(14-16(2)3)11-10-23(22)32(27)8/h12-13,16-17H,9-11,14-15H2,1-8H3,(H,29,34). The van der Waals surface area contributed by atoms with E-state index in [1.165, 1.54) is 16.8 Å². The van der Waals surface area contributed by atoms with Crippen LogP contribution in [-0.4, -0.2) is 45.1 Å². The number of hydrogen-bond acceptors (Lipinski definition) is 5. The molecule has 0 bridgehead atoms. The Morgan fingerprint density at radius 3 is 2.57 bits per heavy atom. The molecule has 3 heterocycles. The molecule has 0 aliphatic carbocycles. The van der Waals surface area contributed by atoms with Gasteiger partial charge in [-0.2, -0.15) is 0 Å². The molecule has 2 aromatic heterocycles. The summed E-state index contributed by atoms with van der Waals surface area (Å²) >= 11 is 0. The second kappa shape index (κ2) is 9.97. The molecular weight excluding hydrogens is 438 g/mol. The topological polar surface area (TPSA) is 76.2 Å². The van der Waals surface area contributed by atoms with E-state index in [1.54, 1.807) is 0 Å². The van der Waals surface area contributed by atoms with E-state index in [9.17, 15) is 4.79 Å². The number of carbonyl (C=O) groups excluding carboxylic acids is 1. The molecule has 7 nitrogen and oxygen atoms in total. The number of aromatic nitrogens is 3. The Hall–Kier alpha value is -2.93. The van der Waals surface area contributed by atoms with Crippen molar-refractivity contribution in [1.29, 1.82) is 0 Å². The number of nitrogens with one attached hydrogen (secondary N) is 1. The maximum absolute atomic E-state index is 13.0. The predicted octanol–water partition coefficient (Wildman–Crippen LogP) is 5.25. The van der Waals surface area contributed by atoms with E-state index in [0.29, 0.717) is 29.7 Å². The summed E-state index contributed by atoms with van der Waals surface area (Å²) in [5.41, 5.74) is 7.82. The molecule has 0 saturated heterocycles. The number of benzene rings is 1. The van der Waals surface area contributed by atoms with Gasteiger partial charge in [-0.3, -0.25) is 9.69 Å². The van der Waals surface area contributed by atoms with Gasteiger partial charge in [-0.25, -0.2) is 4.98 Å². The Morgan fingerprint density at radius 2 is 1.91 bits per heavy atom. The van der Waals surface area contributed by atoms with Gasteiger partial charge in [0.15, 0.2) is 11.5 Å². The van der Waals surface area contributed by atoms with Crippen molar-refractivity contribution in [1.82, 2.24) is 24.9 Å². The van der Waals surface area contributed by atoms with Gasteiger partial charge in [-0.05, 0) is 55.4 Å². The van der Waals surface area contributed by atoms with Crippen LogP contribution in [0.3, 0.4) is 0 Å². The summed E-state index contributed by atoms with van der Waals surface area (Å²) in [5.74, 6) is 2.08. The normalized spacial score (nSPS) is 14.1. The molecule has 0 fully saturated rings. The van der Waals surface area contributed by atoms with Crippen LogP contribution in [0.4, 0.5) is 0 Å². The first-order valence-corrected chi connectivity index (χ1v) is 12.8. The lowest BCUT2D eigenvalue weighted by molar-refractivity contribution is 0.0947. The molecule has 1 aliphatic heterocycles. The lowest BCUT2D eigenvalue weighted by Crippen LogP contribution is -2.33. The fourth-order valence-corrected chi connectivity index (χ4v) is 5.29. The minimum atomic E-state index is -0.242. The van der Waals surface area contributed by atoms with Gasteiger partial charge in [0.2, 0.25) is 0 Å². The van der Waals surface area contributed by atoms with Crippen LogP contribution in [0, 0.1) is 19.8 Å². The average Bonchev–Trinajstić information content (AvgIpc) is 3.34. The lowest BCUT2D eigenvalue weighted by Gasteiger charge is -2.27. The molecule has 1 amide bonds. The minimum Gasteiger partial charge on any atom is -0.355 e. The van der Waals surface area contributed by atoms with E-state index < -0.39 is 0 Å². The van der Waals surface area contributed by atoms with Crippen molar-refractivity contribution < 1.29 is 9.32 Å². The van der Waals surface area contributed by atoms with E-state index in [2.05, 4.69) is 73.6 Å². The molecule has 188 valence electrons. The van der Waals surface area contributed by atoms with Crippen molar-refractivity contribution in [3.05, 3.63) is 45.9 Å². The summed E-state index contributed by atoms with van der Waals surface area (Å²) in [6.45, 7) is 18.4. The van der Waals surface area contributed by atoms with Crippen molar-refractivity contribution in [3.63, 3.8) is 0 Å². The average molecular weight is 478 g/mol. The smallest absolute Gasteiger partial charge is 0.274 e. The minimum absolute atomic E-state index is 0.242. The van der Waals surface area contributed by atoms with Crippen LogP contribution in [0.25, 0.3) is 22.7 Å². The highest BCUT2D eigenvalue weighted by Crippen LogP contribution is 2.39. The Morgan fingerprint density at radius 1 is 1.17 bits per heavy atom. The molecule has 0 radical (unpaired) electrons. The van der Waals surface area contributed by atoms with E-state index >= 15 is 0 Å². The van der Waals surface area contributed by atoms with Crippen molar-refractivity contribution in [2.45, 2.75) is 67.3 Å². The number of nitrogens with zero attached hydrogens (tertiary/aromatic N) is 4. The van der Waals surface area contributed by atoms with Gasteiger partial charge in [0.1, 0.15) is 5.82 Å². The molecule has 4 rings (SSSR count). The monoisotopic (exact) mass is 477 g/mol. The highest BCUT2D eigenvalue weighted by Gasteiger charge is 2.31. The quantitative estimate of drug-likeness (QED) is 0.503. The van der Waals surface area contributed by atoms with Crippen LogP contribution in [0.2, 0.25) is 0 Å². The van der Waals surface area contributed by atoms with Crippen molar-refractivity contribution in [2.75, 3.05) is 19.6 Å². The summed E-state index contributed by atoms with van der Waals surface area (Å²) in [5, 5.41) is 7.17. The van der Waals surface area contributed by atoms with Gasteiger partial charge in [0.05, 0.1) is 11.3 Å². The molecule has 1 N–H and O–H groups in total. The summed E-state index contributed by atoms with van der Waals surface area (Å²) in [6.07, 6.45) is 0.934. The van der Waals surface area contributed by atoms with Crippen LogP contribution in [0.1, 0.15) is 79.1 Å². The Balaban J connectivity index is 1.89. The zero-order valence-electron chi connectivity index (χ0n) is 22.5. The molecule has 0 unspecified atom stereocenters. The molecule has 0 saturated carbocycles. The third-order valence-electron chi connectivity index (χ3n) is 6.91. The molecule has 35 heavy (non-hydrogen) atoms. The number of carbonyl (C=O) groups is 1. The Labute approximate surface area is 208 Å². The number of amides is 1. The zero-order chi connectivity index (χ0) is 25.4. The predicted molar refractivity (Wildman–Crippen MR) is 140 cm³/mol. The zero-order valence-corrected chi connectivity index (χ0v) is 22.5. The third-order valence-corrected chi connectivity index (χ3v) is 6.91. The SMILES string of the molecule is CCNC(=O)c1noc(-c2cc(C(C)C)c(C)cc2C)c1-c1nc2c(n1C)CCN(CC(C)C)C2. The van der Waals surface area contributed by atoms with Gasteiger partial charge >= 0.3 is 0 Å². The first kappa shape index (κ1) is 25.2. The Bertz CT molecular complexity index is 1230. The van der Waals surface area contributed by atoms with E-state index in [4.69, 9.17) is 9.51 Å². The van der Waals surface area contributed by atoms with Gasteiger partial charge in [-0.15, -0.1) is 0 Å². The number of fused-ring (bicyclic) bond motifs is 1. The second-order valence-electron chi connectivity index (χ2n) is 10.5. The maximum atomic E-state index is 13.0. The van der Waals surface area contributed by atoms with Crippen LogP contribution in [0.15, 0.2) is 16.7 Å². The summed E-state index contributed by atoms with van der Waals surface area (Å²) in [4.78, 5) is 20.6.